The third-order valence-electron chi connectivity index (χ3n) is 8.65. The topological polar surface area (TPSA) is 89.1 Å². The van der Waals surface area contributed by atoms with Crippen molar-refractivity contribution in [2.24, 2.45) is 0 Å². The Morgan fingerprint density at radius 2 is 1.12 bits per heavy atom. The van der Waals surface area contributed by atoms with Crippen molar-refractivity contribution in [3.8, 4) is 0 Å². The van der Waals surface area contributed by atoms with E-state index < -0.39 is 48.0 Å². The molecule has 264 valence electrons. The molecule has 6 rings (SSSR count). The summed E-state index contributed by atoms with van der Waals surface area (Å²) < 4.78 is 109. The maximum absolute atomic E-state index is 14.8. The molecule has 4 heterocycles. The van der Waals surface area contributed by atoms with Crippen LogP contribution in [0.4, 0.5) is 26.3 Å². The molecule has 0 bridgehead atoms. The van der Waals surface area contributed by atoms with Crippen LogP contribution >= 0.6 is 46.4 Å². The second-order valence-electron chi connectivity index (χ2n) is 11.9. The average Bonchev–Trinajstić information content (AvgIpc) is 3.82. The summed E-state index contributed by atoms with van der Waals surface area (Å²) in [6.07, 6.45) is -16.0. The van der Waals surface area contributed by atoms with Crippen molar-refractivity contribution >= 4 is 46.4 Å². The van der Waals surface area contributed by atoms with E-state index in [0.717, 1.165) is 0 Å². The molecule has 4 aromatic rings. The van der Waals surface area contributed by atoms with Gasteiger partial charge in [-0.15, -0.1) is 0 Å². The Balaban J connectivity index is 1.32. The van der Waals surface area contributed by atoms with E-state index in [2.05, 4.69) is 20.2 Å². The van der Waals surface area contributed by atoms with Crippen LogP contribution in [0.5, 0.6) is 0 Å². The molecule has 0 N–H and O–H groups in total. The Bertz CT molecular complexity index is 1620. The Morgan fingerprint density at radius 3 is 1.45 bits per heavy atom. The molecule has 0 spiro atoms. The van der Waals surface area contributed by atoms with Gasteiger partial charge in [0, 0.05) is 31.2 Å². The number of ether oxygens (including phenoxy) is 3. The first kappa shape index (κ1) is 36.1. The van der Waals surface area contributed by atoms with Crippen molar-refractivity contribution < 1.29 is 40.6 Å². The van der Waals surface area contributed by atoms with E-state index in [9.17, 15) is 26.3 Å². The van der Waals surface area contributed by atoms with E-state index in [-0.39, 0.29) is 70.0 Å². The van der Waals surface area contributed by atoms with Crippen LogP contribution in [-0.2, 0) is 38.5 Å². The normalized spacial score (nSPS) is 25.9. The fourth-order valence-electron chi connectivity index (χ4n) is 6.57. The molecule has 9 nitrogen and oxygen atoms in total. The van der Waals surface area contributed by atoms with E-state index >= 15 is 0 Å². The molecular weight excluding hydrogens is 748 g/mol. The van der Waals surface area contributed by atoms with Crippen molar-refractivity contribution in [1.82, 2.24) is 29.5 Å². The molecule has 2 aliphatic rings. The van der Waals surface area contributed by atoms with Gasteiger partial charge in [0.25, 0.3) is 0 Å². The highest BCUT2D eigenvalue weighted by Crippen LogP contribution is 2.50. The van der Waals surface area contributed by atoms with Crippen molar-refractivity contribution in [3.63, 3.8) is 0 Å². The minimum absolute atomic E-state index is 0.0679. The van der Waals surface area contributed by atoms with Gasteiger partial charge in [0.2, 0.25) is 0 Å². The lowest BCUT2D eigenvalue weighted by Gasteiger charge is -2.37. The third-order valence-corrected chi connectivity index (χ3v) is 9.74. The second kappa shape index (κ2) is 13.8. The van der Waals surface area contributed by atoms with Gasteiger partial charge < -0.3 is 14.2 Å². The average molecular weight is 774 g/mol. The van der Waals surface area contributed by atoms with Crippen molar-refractivity contribution in [3.05, 3.63) is 92.9 Å². The summed E-state index contributed by atoms with van der Waals surface area (Å²) in [7, 11) is 0. The SMILES string of the molecule is FC(F)(F)C(OC(C1CCC(Cn2cncn2)(c2ccc(Cl)cc2Cl)O1)C(F)(F)F)C1CCC(Cn2cncn2)(c2ccc(Cl)cc2Cl)O1. The number of nitrogens with zero attached hydrogens (tertiary/aromatic N) is 6. The van der Waals surface area contributed by atoms with Crippen LogP contribution in [0.25, 0.3) is 0 Å². The lowest BCUT2D eigenvalue weighted by atomic mass is 9.90. The third kappa shape index (κ3) is 7.67. The summed E-state index contributed by atoms with van der Waals surface area (Å²) in [4.78, 5) is 7.74. The molecule has 49 heavy (non-hydrogen) atoms. The van der Waals surface area contributed by atoms with Gasteiger partial charge >= 0.3 is 12.4 Å². The van der Waals surface area contributed by atoms with Crippen molar-refractivity contribution in [2.75, 3.05) is 0 Å². The quantitative estimate of drug-likeness (QED) is 0.150. The van der Waals surface area contributed by atoms with E-state index in [1.54, 1.807) is 0 Å². The summed E-state index contributed by atoms with van der Waals surface area (Å²) in [6.45, 7) is -0.285. The maximum atomic E-state index is 14.8. The Morgan fingerprint density at radius 1 is 0.714 bits per heavy atom. The highest BCUT2D eigenvalue weighted by atomic mass is 35.5. The Labute approximate surface area is 295 Å². The molecule has 0 radical (unpaired) electrons. The molecule has 6 unspecified atom stereocenters. The van der Waals surface area contributed by atoms with Crippen LogP contribution in [0.15, 0.2) is 61.7 Å². The fourth-order valence-corrected chi connectivity index (χ4v) is 7.73. The van der Waals surface area contributed by atoms with Crippen LogP contribution in [0, 0.1) is 0 Å². The van der Waals surface area contributed by atoms with Gasteiger partial charge in [-0.1, -0.05) is 58.5 Å². The first-order chi connectivity index (χ1) is 23.1. The second-order valence-corrected chi connectivity index (χ2v) is 13.6. The van der Waals surface area contributed by atoms with E-state index in [0.29, 0.717) is 0 Å². The first-order valence-corrected chi connectivity index (χ1v) is 16.3. The largest absolute Gasteiger partial charge is 0.417 e. The Kier molecular flexibility index (Phi) is 10.2. The molecule has 2 aromatic carbocycles. The minimum atomic E-state index is -5.28. The summed E-state index contributed by atoms with van der Waals surface area (Å²) >= 11 is 25.1. The van der Waals surface area contributed by atoms with Crippen LogP contribution in [0.3, 0.4) is 0 Å². The summed E-state index contributed by atoms with van der Waals surface area (Å²) in [5.41, 5.74) is -2.52. The molecule has 2 aliphatic heterocycles. The first-order valence-electron chi connectivity index (χ1n) is 14.8. The minimum Gasteiger partial charge on any atom is -0.362 e. The van der Waals surface area contributed by atoms with Crippen molar-refractivity contribution in [2.45, 2.75) is 86.7 Å². The molecule has 2 aromatic heterocycles. The number of alkyl halides is 6. The zero-order valence-corrected chi connectivity index (χ0v) is 28.0. The number of halogens is 10. The molecule has 0 saturated carbocycles. The molecule has 6 atom stereocenters. The number of aromatic nitrogens is 6. The molecule has 0 aliphatic carbocycles. The molecule has 0 amide bonds. The highest BCUT2D eigenvalue weighted by molar-refractivity contribution is 6.35. The Hall–Kier alpha value is -2.66. The summed E-state index contributed by atoms with van der Waals surface area (Å²) in [5.74, 6) is 0. The van der Waals surface area contributed by atoms with Gasteiger partial charge in [0.1, 0.15) is 36.5 Å². The zero-order valence-electron chi connectivity index (χ0n) is 25.0. The molecule has 2 fully saturated rings. The summed E-state index contributed by atoms with van der Waals surface area (Å²) in [5, 5.41) is 8.78. The molecule has 2 saturated heterocycles. The van der Waals surface area contributed by atoms with Crippen LogP contribution in [-0.4, -0.2) is 66.3 Å². The monoisotopic (exact) mass is 772 g/mol. The number of rotatable bonds is 10. The lowest BCUT2D eigenvalue weighted by Crippen LogP contribution is -2.52. The van der Waals surface area contributed by atoms with Gasteiger partial charge in [0.15, 0.2) is 12.2 Å². The van der Waals surface area contributed by atoms with E-state index in [1.165, 1.54) is 71.1 Å². The van der Waals surface area contributed by atoms with Gasteiger partial charge in [-0.25, -0.2) is 19.3 Å². The van der Waals surface area contributed by atoms with Gasteiger partial charge in [-0.05, 0) is 49.9 Å². The van der Waals surface area contributed by atoms with E-state index in [4.69, 9.17) is 60.6 Å². The van der Waals surface area contributed by atoms with E-state index in [1.807, 2.05) is 0 Å². The predicted octanol–water partition coefficient (Wildman–Crippen LogP) is 8.21. The van der Waals surface area contributed by atoms with Gasteiger partial charge in [0.05, 0.1) is 25.3 Å². The smallest absolute Gasteiger partial charge is 0.362 e. The van der Waals surface area contributed by atoms with Crippen LogP contribution in [0.2, 0.25) is 20.1 Å². The molecule has 19 heteroatoms. The van der Waals surface area contributed by atoms with Crippen LogP contribution in [0.1, 0.15) is 36.8 Å². The predicted molar refractivity (Wildman–Crippen MR) is 165 cm³/mol. The highest BCUT2D eigenvalue weighted by Gasteiger charge is 2.60. The number of hydrogen-bond donors (Lipinski definition) is 0. The van der Waals surface area contributed by atoms with Gasteiger partial charge in [-0.2, -0.15) is 36.5 Å². The van der Waals surface area contributed by atoms with Crippen molar-refractivity contribution in [1.29, 1.82) is 0 Å². The zero-order chi connectivity index (χ0) is 35.2. The molecular formula is C30H26Cl4F6N6O3. The fraction of sp³-hybridized carbons (Fsp3) is 0.467. The number of hydrogen-bond acceptors (Lipinski definition) is 7. The standard InChI is InChI=1S/C30H26Cl4F6N6O3/c31-17-1-3-19(21(33)9-17)27(11-45-15-41-13-43-45)7-5-23(48-27)25(29(35,36)37)47-26(30(38,39)40)24-6-8-28(49-24,12-46-16-42-14-44-46)20-4-2-18(32)10-22(20)34/h1-4,9-10,13-16,23-26H,5-8,11-12H2. The van der Waals surface area contributed by atoms with Gasteiger partial charge in [-0.3, -0.25) is 0 Å². The lowest BCUT2D eigenvalue weighted by molar-refractivity contribution is -0.325. The maximum Gasteiger partial charge on any atom is 0.417 e. The summed E-state index contributed by atoms with van der Waals surface area (Å²) in [6, 6.07) is 8.74. The number of benzene rings is 2. The van der Waals surface area contributed by atoms with Crippen LogP contribution < -0.4 is 0 Å².